The van der Waals surface area contributed by atoms with E-state index in [0.29, 0.717) is 5.92 Å². The van der Waals surface area contributed by atoms with Crippen LogP contribution in [0.15, 0.2) is 0 Å². The molecule has 2 heterocycles. The molecule has 1 aromatic heterocycles. The topological polar surface area (TPSA) is 37.4 Å². The minimum Gasteiger partial charge on any atom is -0.381 e. The van der Waals surface area contributed by atoms with Crippen molar-refractivity contribution >= 4 is 16.5 Å². The average molecular weight is 295 g/mol. The van der Waals surface area contributed by atoms with E-state index < -0.39 is 0 Å². The molecule has 1 unspecified atom stereocenters. The van der Waals surface area contributed by atoms with E-state index in [9.17, 15) is 0 Å². The molecule has 1 aliphatic heterocycles. The van der Waals surface area contributed by atoms with Crippen LogP contribution in [0.4, 0.5) is 5.13 Å². The van der Waals surface area contributed by atoms with Gasteiger partial charge in [-0.05, 0) is 38.6 Å². The van der Waals surface area contributed by atoms with Gasteiger partial charge in [-0.1, -0.05) is 0 Å². The molecule has 0 aromatic carbocycles. The summed E-state index contributed by atoms with van der Waals surface area (Å²) >= 11 is 1.86. The highest BCUT2D eigenvalue weighted by Gasteiger charge is 2.30. The first-order valence-corrected chi connectivity index (χ1v) is 8.52. The molecule has 112 valence electrons. The number of anilines is 1. The van der Waals surface area contributed by atoms with Crippen molar-refractivity contribution in [3.8, 4) is 0 Å². The zero-order valence-electron chi connectivity index (χ0n) is 12.5. The van der Waals surface area contributed by atoms with Crippen LogP contribution in [0.5, 0.6) is 0 Å². The maximum absolute atomic E-state index is 5.58. The van der Waals surface area contributed by atoms with Gasteiger partial charge in [0.1, 0.15) is 0 Å². The first-order chi connectivity index (χ1) is 9.78. The maximum Gasteiger partial charge on any atom is 0.185 e. The lowest BCUT2D eigenvalue weighted by molar-refractivity contribution is 0.0576. The van der Waals surface area contributed by atoms with E-state index in [4.69, 9.17) is 9.72 Å². The molecule has 1 atom stereocenters. The number of aromatic nitrogens is 1. The fraction of sp³-hybridized carbons (Fsp3) is 0.800. The second-order valence-electron chi connectivity index (χ2n) is 6.07. The molecule has 2 aliphatic rings. The molecule has 1 N–H and O–H groups in total. The first kappa shape index (κ1) is 14.3. The molecule has 1 saturated heterocycles. The summed E-state index contributed by atoms with van der Waals surface area (Å²) in [5.74, 6) is 1.39. The molecule has 2 fully saturated rings. The van der Waals surface area contributed by atoms with Crippen LogP contribution in [0.25, 0.3) is 0 Å². The second kappa shape index (κ2) is 6.41. The lowest BCUT2D eigenvalue weighted by atomic mass is 10.0. The van der Waals surface area contributed by atoms with Crippen molar-refractivity contribution in [3.63, 3.8) is 0 Å². The Morgan fingerprint density at radius 2 is 2.25 bits per heavy atom. The Labute approximate surface area is 125 Å². The van der Waals surface area contributed by atoms with Crippen LogP contribution in [0.1, 0.15) is 42.2 Å². The summed E-state index contributed by atoms with van der Waals surface area (Å²) in [5.41, 5.74) is 1.35. The fourth-order valence-electron chi connectivity index (χ4n) is 2.89. The fourth-order valence-corrected chi connectivity index (χ4v) is 4.02. The van der Waals surface area contributed by atoms with Crippen molar-refractivity contribution in [3.05, 3.63) is 10.6 Å². The van der Waals surface area contributed by atoms with Gasteiger partial charge in [-0.2, -0.15) is 0 Å². The zero-order valence-corrected chi connectivity index (χ0v) is 13.3. The van der Waals surface area contributed by atoms with Crippen molar-refractivity contribution in [2.75, 3.05) is 38.8 Å². The van der Waals surface area contributed by atoms with Gasteiger partial charge < -0.3 is 15.0 Å². The maximum atomic E-state index is 5.58. The highest BCUT2D eigenvalue weighted by atomic mass is 32.1. The van der Waals surface area contributed by atoms with Crippen LogP contribution < -0.4 is 10.2 Å². The Morgan fingerprint density at radius 1 is 1.40 bits per heavy atom. The standard InChI is InChI=1S/C15H25N3OS/c1-16-8-13-14(12-5-6-12)17-15(20-13)18(2)9-11-4-3-7-19-10-11/h11-12,16H,3-10H2,1-2H3. The SMILES string of the molecule is CNCc1sc(N(C)CC2CCCOC2)nc1C1CC1. The van der Waals surface area contributed by atoms with Crippen LogP contribution in [0.2, 0.25) is 0 Å². The van der Waals surface area contributed by atoms with Crippen molar-refractivity contribution in [1.29, 1.82) is 0 Å². The smallest absolute Gasteiger partial charge is 0.185 e. The van der Waals surface area contributed by atoms with E-state index in [2.05, 4.69) is 17.3 Å². The van der Waals surface area contributed by atoms with Crippen LogP contribution in [-0.4, -0.2) is 38.8 Å². The highest BCUT2D eigenvalue weighted by Crippen LogP contribution is 2.44. The number of hydrogen-bond donors (Lipinski definition) is 1. The molecule has 0 bridgehead atoms. The summed E-state index contributed by atoms with van der Waals surface area (Å²) in [4.78, 5) is 8.68. The van der Waals surface area contributed by atoms with E-state index in [1.54, 1.807) is 0 Å². The third-order valence-electron chi connectivity index (χ3n) is 4.13. The number of nitrogens with zero attached hydrogens (tertiary/aromatic N) is 2. The third-order valence-corrected chi connectivity index (χ3v) is 5.32. The quantitative estimate of drug-likeness (QED) is 0.875. The molecule has 1 aliphatic carbocycles. The van der Waals surface area contributed by atoms with Crippen LogP contribution >= 0.6 is 11.3 Å². The first-order valence-electron chi connectivity index (χ1n) is 7.71. The number of hydrogen-bond acceptors (Lipinski definition) is 5. The summed E-state index contributed by atoms with van der Waals surface area (Å²) in [6.45, 7) is 3.87. The van der Waals surface area contributed by atoms with E-state index in [0.717, 1.165) is 32.2 Å². The molecule has 0 spiro atoms. The summed E-state index contributed by atoms with van der Waals surface area (Å²) in [6, 6.07) is 0. The summed E-state index contributed by atoms with van der Waals surface area (Å²) < 4.78 is 5.58. The molecule has 0 amide bonds. The van der Waals surface area contributed by atoms with Gasteiger partial charge in [0.15, 0.2) is 5.13 Å². The number of thiazole rings is 1. The van der Waals surface area contributed by atoms with Crippen LogP contribution in [0, 0.1) is 5.92 Å². The predicted octanol–water partition coefficient (Wildman–Crippen LogP) is 2.60. The minimum atomic E-state index is 0.662. The van der Waals surface area contributed by atoms with Gasteiger partial charge in [0.05, 0.1) is 12.3 Å². The number of nitrogens with one attached hydrogen (secondary N) is 1. The van der Waals surface area contributed by atoms with E-state index in [1.807, 2.05) is 18.4 Å². The van der Waals surface area contributed by atoms with Gasteiger partial charge in [0, 0.05) is 37.5 Å². The van der Waals surface area contributed by atoms with Crippen molar-refractivity contribution in [2.45, 2.75) is 38.1 Å². The van der Waals surface area contributed by atoms with E-state index in [-0.39, 0.29) is 0 Å². The normalized spacial score (nSPS) is 23.0. The van der Waals surface area contributed by atoms with Gasteiger partial charge in [0.25, 0.3) is 0 Å². The van der Waals surface area contributed by atoms with Gasteiger partial charge >= 0.3 is 0 Å². The lowest BCUT2D eigenvalue weighted by Gasteiger charge is -2.26. The molecule has 1 saturated carbocycles. The van der Waals surface area contributed by atoms with Crippen molar-refractivity contribution < 1.29 is 4.74 Å². The van der Waals surface area contributed by atoms with Crippen LogP contribution in [0.3, 0.4) is 0 Å². The third kappa shape index (κ3) is 3.32. The molecular weight excluding hydrogens is 270 g/mol. The predicted molar refractivity (Wildman–Crippen MR) is 83.7 cm³/mol. The Morgan fingerprint density at radius 3 is 2.90 bits per heavy atom. The van der Waals surface area contributed by atoms with Gasteiger partial charge in [-0.3, -0.25) is 0 Å². The van der Waals surface area contributed by atoms with Gasteiger partial charge in [-0.15, -0.1) is 11.3 Å². The summed E-state index contributed by atoms with van der Waals surface area (Å²) in [7, 11) is 4.19. The Kier molecular flexibility index (Phi) is 4.58. The lowest BCUT2D eigenvalue weighted by Crippen LogP contribution is -2.30. The van der Waals surface area contributed by atoms with E-state index >= 15 is 0 Å². The summed E-state index contributed by atoms with van der Waals surface area (Å²) in [6.07, 6.45) is 5.13. The van der Waals surface area contributed by atoms with Gasteiger partial charge in [0.2, 0.25) is 0 Å². The van der Waals surface area contributed by atoms with Crippen molar-refractivity contribution in [1.82, 2.24) is 10.3 Å². The number of rotatable bonds is 6. The monoisotopic (exact) mass is 295 g/mol. The Bertz CT molecular complexity index is 438. The van der Waals surface area contributed by atoms with Gasteiger partial charge in [-0.25, -0.2) is 4.98 Å². The average Bonchev–Trinajstić information content (AvgIpc) is 3.21. The Hall–Kier alpha value is -0.650. The molecule has 0 radical (unpaired) electrons. The molecule has 5 heteroatoms. The minimum absolute atomic E-state index is 0.662. The summed E-state index contributed by atoms with van der Waals surface area (Å²) in [5, 5.41) is 4.46. The van der Waals surface area contributed by atoms with Crippen molar-refractivity contribution in [2.24, 2.45) is 5.92 Å². The molecule has 20 heavy (non-hydrogen) atoms. The second-order valence-corrected chi connectivity index (χ2v) is 7.14. The van der Waals surface area contributed by atoms with E-state index in [1.165, 1.54) is 41.4 Å². The molecule has 1 aromatic rings. The largest absolute Gasteiger partial charge is 0.381 e. The zero-order chi connectivity index (χ0) is 13.9. The molecule has 4 nitrogen and oxygen atoms in total. The highest BCUT2D eigenvalue weighted by molar-refractivity contribution is 7.15. The Balaban J connectivity index is 1.67. The molecule has 3 rings (SSSR count). The van der Waals surface area contributed by atoms with Crippen LogP contribution in [-0.2, 0) is 11.3 Å². The number of ether oxygens (including phenoxy) is 1. The molecular formula is C15H25N3OS.